The number of carbonyl (C=O) groups is 1. The first-order valence-corrected chi connectivity index (χ1v) is 7.48. The largest absolute Gasteiger partial charge is 0.481 e. The second-order valence-electron chi connectivity index (χ2n) is 6.95. The number of hydrogen-bond acceptors (Lipinski definition) is 5. The Morgan fingerprint density at radius 2 is 2.00 bits per heavy atom. The van der Waals surface area contributed by atoms with E-state index >= 15 is 0 Å². The number of carboxylic acids is 1. The van der Waals surface area contributed by atoms with Gasteiger partial charge < -0.3 is 5.11 Å². The average molecular weight is 295 g/mol. The Morgan fingerprint density at radius 1 is 1.33 bits per heavy atom. The first kappa shape index (κ1) is 15.9. The molecule has 0 saturated carbocycles. The molecule has 21 heavy (non-hydrogen) atoms. The molecule has 1 N–H and O–H groups in total. The highest BCUT2D eigenvalue weighted by molar-refractivity contribution is 5.71. The van der Waals surface area contributed by atoms with E-state index in [1.165, 1.54) is 0 Å². The fraction of sp³-hybridized carbons (Fsp3) is 0.857. The van der Waals surface area contributed by atoms with E-state index in [1.807, 2.05) is 27.7 Å². The molecule has 0 radical (unpaired) electrons. The second kappa shape index (κ2) is 5.71. The van der Waals surface area contributed by atoms with Gasteiger partial charge >= 0.3 is 5.97 Å². The number of aliphatic carboxylic acids is 1. The number of hydrogen-bond donors (Lipinski definition) is 1. The van der Waals surface area contributed by atoms with Crippen LogP contribution >= 0.6 is 0 Å². The third kappa shape index (κ3) is 3.40. The van der Waals surface area contributed by atoms with Crippen LogP contribution in [0, 0.1) is 5.92 Å². The Labute approximate surface area is 125 Å². The topological polar surface area (TPSA) is 84.1 Å². The lowest BCUT2D eigenvalue weighted by Gasteiger charge is -2.41. The Balaban J connectivity index is 2.13. The Morgan fingerprint density at radius 3 is 2.52 bits per heavy atom. The van der Waals surface area contributed by atoms with Gasteiger partial charge in [-0.25, -0.2) is 0 Å². The molecule has 0 amide bonds. The Kier molecular flexibility index (Phi) is 4.32. The van der Waals surface area contributed by atoms with E-state index in [1.54, 1.807) is 4.80 Å². The van der Waals surface area contributed by atoms with Crippen LogP contribution in [0.1, 0.15) is 53.3 Å². The van der Waals surface area contributed by atoms with Crippen LogP contribution in [0.2, 0.25) is 0 Å². The van der Waals surface area contributed by atoms with Gasteiger partial charge in [0.05, 0.1) is 18.0 Å². The summed E-state index contributed by atoms with van der Waals surface area (Å²) in [5.74, 6) is -0.390. The number of tetrazole rings is 1. The number of carboxylic acid groups (broad SMARTS) is 1. The van der Waals surface area contributed by atoms with Crippen molar-refractivity contribution in [3.8, 4) is 0 Å². The maximum absolute atomic E-state index is 11.3. The Hall–Kier alpha value is -1.50. The van der Waals surface area contributed by atoms with Crippen molar-refractivity contribution in [2.75, 3.05) is 0 Å². The van der Waals surface area contributed by atoms with Crippen molar-refractivity contribution in [3.63, 3.8) is 0 Å². The van der Waals surface area contributed by atoms with Crippen LogP contribution in [-0.4, -0.2) is 48.3 Å². The van der Waals surface area contributed by atoms with Gasteiger partial charge in [-0.15, -0.1) is 10.2 Å². The molecule has 0 aromatic carbocycles. The van der Waals surface area contributed by atoms with Crippen molar-refractivity contribution in [1.82, 2.24) is 25.1 Å². The summed E-state index contributed by atoms with van der Waals surface area (Å²) in [6.07, 6.45) is 1.62. The summed E-state index contributed by atoms with van der Waals surface area (Å²) in [6.45, 7) is 10.7. The van der Waals surface area contributed by atoms with Gasteiger partial charge in [-0.05, 0) is 52.7 Å². The van der Waals surface area contributed by atoms with Gasteiger partial charge in [-0.2, -0.15) is 4.80 Å². The smallest absolute Gasteiger partial charge is 0.308 e. The van der Waals surface area contributed by atoms with Crippen LogP contribution in [0.15, 0.2) is 0 Å². The molecule has 118 valence electrons. The predicted octanol–water partition coefficient (Wildman–Crippen LogP) is 1.50. The van der Waals surface area contributed by atoms with Gasteiger partial charge in [0.25, 0.3) is 0 Å². The average Bonchev–Trinajstić information content (AvgIpc) is 2.82. The maximum Gasteiger partial charge on any atom is 0.308 e. The van der Waals surface area contributed by atoms with Crippen molar-refractivity contribution in [3.05, 3.63) is 5.82 Å². The van der Waals surface area contributed by atoms with Gasteiger partial charge in [0, 0.05) is 12.1 Å². The number of rotatable bonds is 3. The minimum atomic E-state index is -0.717. The zero-order valence-electron chi connectivity index (χ0n) is 13.4. The summed E-state index contributed by atoms with van der Waals surface area (Å²) >= 11 is 0. The molecule has 0 bridgehead atoms. The molecular formula is C14H25N5O2. The van der Waals surface area contributed by atoms with E-state index < -0.39 is 5.97 Å². The van der Waals surface area contributed by atoms with Crippen molar-refractivity contribution in [1.29, 1.82) is 0 Å². The van der Waals surface area contributed by atoms with E-state index in [2.05, 4.69) is 27.2 Å². The molecule has 1 aliphatic heterocycles. The zero-order chi connectivity index (χ0) is 15.8. The lowest BCUT2D eigenvalue weighted by atomic mass is 9.87. The normalized spacial score (nSPS) is 27.8. The van der Waals surface area contributed by atoms with Crippen LogP contribution in [0.25, 0.3) is 0 Å². The molecule has 0 spiro atoms. The molecule has 3 atom stereocenters. The molecule has 2 heterocycles. The molecule has 1 saturated heterocycles. The minimum absolute atomic E-state index is 0.0205. The number of nitrogens with zero attached hydrogens (tertiary/aromatic N) is 5. The molecule has 1 fully saturated rings. The summed E-state index contributed by atoms with van der Waals surface area (Å²) in [5, 5.41) is 21.9. The minimum Gasteiger partial charge on any atom is -0.481 e. The molecule has 1 aliphatic rings. The van der Waals surface area contributed by atoms with Crippen LogP contribution in [-0.2, 0) is 16.9 Å². The molecule has 3 unspecified atom stereocenters. The van der Waals surface area contributed by atoms with Crippen molar-refractivity contribution < 1.29 is 9.90 Å². The summed E-state index contributed by atoms with van der Waals surface area (Å²) in [5.41, 5.74) is -0.200. The quantitative estimate of drug-likeness (QED) is 0.909. The fourth-order valence-electron chi connectivity index (χ4n) is 2.84. The summed E-state index contributed by atoms with van der Waals surface area (Å²) in [6, 6.07) is 0.310. The molecule has 1 aromatic heterocycles. The van der Waals surface area contributed by atoms with Gasteiger partial charge in [0.1, 0.15) is 0 Å². The predicted molar refractivity (Wildman–Crippen MR) is 77.6 cm³/mol. The van der Waals surface area contributed by atoms with E-state index in [0.717, 1.165) is 12.8 Å². The first-order valence-electron chi connectivity index (χ1n) is 7.48. The van der Waals surface area contributed by atoms with Crippen molar-refractivity contribution >= 4 is 5.97 Å². The fourth-order valence-corrected chi connectivity index (χ4v) is 2.84. The van der Waals surface area contributed by atoms with Crippen molar-refractivity contribution in [2.24, 2.45) is 5.92 Å². The lowest BCUT2D eigenvalue weighted by Crippen LogP contribution is -2.50. The SMILES string of the molecule is CC1CCC(C(=O)O)C(C)N1Cc1nnn(C(C)(C)C)n1. The van der Waals surface area contributed by atoms with Gasteiger partial charge in [-0.3, -0.25) is 9.69 Å². The van der Waals surface area contributed by atoms with Gasteiger partial charge in [0.2, 0.25) is 0 Å². The van der Waals surface area contributed by atoms with Crippen LogP contribution < -0.4 is 0 Å². The highest BCUT2D eigenvalue weighted by atomic mass is 16.4. The molecular weight excluding hydrogens is 270 g/mol. The third-order valence-electron chi connectivity index (χ3n) is 4.26. The molecule has 0 aliphatic carbocycles. The number of aromatic nitrogens is 4. The lowest BCUT2D eigenvalue weighted by molar-refractivity contribution is -0.146. The number of piperidine rings is 1. The third-order valence-corrected chi connectivity index (χ3v) is 4.26. The van der Waals surface area contributed by atoms with E-state index in [-0.39, 0.29) is 17.5 Å². The van der Waals surface area contributed by atoms with E-state index in [4.69, 9.17) is 0 Å². The summed E-state index contributed by atoms with van der Waals surface area (Å²) < 4.78 is 0. The summed E-state index contributed by atoms with van der Waals surface area (Å²) in [7, 11) is 0. The monoisotopic (exact) mass is 295 g/mol. The standard InChI is InChI=1S/C14H25N5O2/c1-9-6-7-11(13(20)21)10(2)18(9)8-12-15-17-19(16-12)14(3,4)5/h9-11H,6-8H2,1-5H3,(H,20,21). The Bertz CT molecular complexity index is 508. The first-order chi connectivity index (χ1) is 9.70. The van der Waals surface area contributed by atoms with Gasteiger partial charge in [-0.1, -0.05) is 0 Å². The highest BCUT2D eigenvalue weighted by Crippen LogP contribution is 2.29. The second-order valence-corrected chi connectivity index (χ2v) is 6.95. The zero-order valence-corrected chi connectivity index (χ0v) is 13.4. The van der Waals surface area contributed by atoms with E-state index in [0.29, 0.717) is 18.4 Å². The van der Waals surface area contributed by atoms with Gasteiger partial charge in [0.15, 0.2) is 5.82 Å². The summed E-state index contributed by atoms with van der Waals surface area (Å²) in [4.78, 5) is 15.1. The van der Waals surface area contributed by atoms with Crippen molar-refractivity contribution in [2.45, 2.75) is 71.6 Å². The van der Waals surface area contributed by atoms with Crippen LogP contribution in [0.3, 0.4) is 0 Å². The molecule has 2 rings (SSSR count). The van der Waals surface area contributed by atoms with Crippen LogP contribution in [0.4, 0.5) is 0 Å². The molecule has 7 nitrogen and oxygen atoms in total. The molecule has 1 aromatic rings. The van der Waals surface area contributed by atoms with Crippen LogP contribution in [0.5, 0.6) is 0 Å². The number of likely N-dealkylation sites (tertiary alicyclic amines) is 1. The highest BCUT2D eigenvalue weighted by Gasteiger charge is 2.37. The molecule has 7 heteroatoms. The van der Waals surface area contributed by atoms with E-state index in [9.17, 15) is 9.90 Å². The maximum atomic E-state index is 11.3.